The quantitative estimate of drug-likeness (QED) is 0.355. The topological polar surface area (TPSA) is 97.1 Å². The van der Waals surface area contributed by atoms with Crippen LogP contribution in [0.25, 0.3) is 22.5 Å². The highest BCUT2D eigenvalue weighted by atomic mass is 16.6. The Hall–Kier alpha value is -4.63. The highest BCUT2D eigenvalue weighted by Crippen LogP contribution is 2.46. The summed E-state index contributed by atoms with van der Waals surface area (Å²) >= 11 is 0. The van der Waals surface area contributed by atoms with Crippen LogP contribution in [0.15, 0.2) is 77.3 Å². The van der Waals surface area contributed by atoms with Crippen molar-refractivity contribution < 1.29 is 23.6 Å². The first kappa shape index (κ1) is 26.3. The van der Waals surface area contributed by atoms with Gasteiger partial charge in [0.05, 0.1) is 12.6 Å². The molecule has 0 saturated carbocycles. The monoisotopic (exact) mass is 564 g/mol. The van der Waals surface area contributed by atoms with Gasteiger partial charge >= 0.3 is 0 Å². The lowest BCUT2D eigenvalue weighted by Crippen LogP contribution is -2.49. The van der Waals surface area contributed by atoms with E-state index in [-0.39, 0.29) is 37.2 Å². The molecule has 3 aromatic carbocycles. The van der Waals surface area contributed by atoms with E-state index in [1.807, 2.05) is 23.1 Å². The number of piperazine rings is 1. The van der Waals surface area contributed by atoms with Gasteiger partial charge in [0, 0.05) is 50.7 Å². The van der Waals surface area contributed by atoms with Crippen LogP contribution in [0, 0.1) is 0 Å². The molecule has 1 saturated heterocycles. The van der Waals surface area contributed by atoms with E-state index in [0.29, 0.717) is 49.3 Å². The number of hydrogen-bond acceptors (Lipinski definition) is 7. The fraction of sp³-hybridized carbons (Fsp3) is 0.303. The van der Waals surface area contributed by atoms with E-state index in [1.165, 1.54) is 22.3 Å². The number of aromatic nitrogens is 1. The van der Waals surface area contributed by atoms with Gasteiger partial charge in [-0.05, 0) is 40.5 Å². The van der Waals surface area contributed by atoms with E-state index >= 15 is 0 Å². The molecule has 1 aromatic heterocycles. The van der Waals surface area contributed by atoms with Crippen molar-refractivity contribution in [1.82, 2.24) is 20.3 Å². The minimum atomic E-state index is -0.190. The summed E-state index contributed by atoms with van der Waals surface area (Å²) in [4.78, 5) is 29.8. The van der Waals surface area contributed by atoms with Gasteiger partial charge in [-0.25, -0.2) is 0 Å². The molecule has 1 aliphatic carbocycles. The van der Waals surface area contributed by atoms with Crippen molar-refractivity contribution >= 4 is 11.8 Å². The van der Waals surface area contributed by atoms with Crippen molar-refractivity contribution in [3.63, 3.8) is 0 Å². The highest BCUT2D eigenvalue weighted by Gasteiger charge is 2.34. The Balaban J connectivity index is 0.883. The molecule has 214 valence electrons. The van der Waals surface area contributed by atoms with Gasteiger partial charge in [-0.2, -0.15) is 0 Å². The first-order valence-corrected chi connectivity index (χ1v) is 14.5. The smallest absolute Gasteiger partial charge is 0.223 e. The third-order valence-corrected chi connectivity index (χ3v) is 8.25. The Labute approximate surface area is 244 Å². The third-order valence-electron chi connectivity index (χ3n) is 8.25. The molecule has 0 spiro atoms. The maximum Gasteiger partial charge on any atom is 0.223 e. The minimum Gasteiger partial charge on any atom is -0.486 e. The predicted octanol–water partition coefficient (Wildman–Crippen LogP) is 4.42. The molecule has 9 nitrogen and oxygen atoms in total. The van der Waals surface area contributed by atoms with E-state index in [0.717, 1.165) is 18.7 Å². The van der Waals surface area contributed by atoms with E-state index in [2.05, 4.69) is 63.9 Å². The van der Waals surface area contributed by atoms with Crippen LogP contribution in [0.5, 0.6) is 11.5 Å². The van der Waals surface area contributed by atoms with Crippen LogP contribution >= 0.6 is 0 Å². The standard InChI is InChI=1S/C33H32N4O5/c38-31(34-21-23-20-29(42-35-23)22-9-10-28-30(19-22)41-18-17-40-28)11-12-32(39)36-13-15-37(16-14-36)33-26-7-3-1-5-24(26)25-6-2-4-8-27(25)33/h1-10,19-20,33H,11-18,21H2,(H,34,38). The number of carbonyl (C=O) groups excluding carboxylic acids is 2. The third kappa shape index (κ3) is 5.12. The summed E-state index contributed by atoms with van der Waals surface area (Å²) in [6.45, 7) is 4.17. The van der Waals surface area contributed by atoms with Gasteiger partial charge in [0.25, 0.3) is 0 Å². The van der Waals surface area contributed by atoms with Gasteiger partial charge in [0.15, 0.2) is 17.3 Å². The number of carbonyl (C=O) groups is 2. The average Bonchev–Trinajstić information content (AvgIpc) is 3.65. The van der Waals surface area contributed by atoms with Crippen molar-refractivity contribution in [1.29, 1.82) is 0 Å². The first-order valence-electron chi connectivity index (χ1n) is 14.5. The number of ether oxygens (including phenoxy) is 2. The number of hydrogen-bond donors (Lipinski definition) is 1. The molecule has 2 aliphatic heterocycles. The number of rotatable bonds is 7. The molecule has 9 heteroatoms. The molecule has 3 aliphatic rings. The average molecular weight is 565 g/mol. The fourth-order valence-electron chi connectivity index (χ4n) is 6.14. The van der Waals surface area contributed by atoms with Gasteiger partial charge in [0.1, 0.15) is 18.9 Å². The van der Waals surface area contributed by atoms with Crippen molar-refractivity contribution in [2.24, 2.45) is 0 Å². The molecular weight excluding hydrogens is 532 g/mol. The summed E-state index contributed by atoms with van der Waals surface area (Å²) in [7, 11) is 0. The molecule has 3 heterocycles. The van der Waals surface area contributed by atoms with Gasteiger partial charge in [0.2, 0.25) is 11.8 Å². The number of fused-ring (bicyclic) bond motifs is 4. The van der Waals surface area contributed by atoms with Crippen LogP contribution < -0.4 is 14.8 Å². The van der Waals surface area contributed by atoms with Gasteiger partial charge in [-0.1, -0.05) is 53.7 Å². The fourth-order valence-corrected chi connectivity index (χ4v) is 6.14. The second-order valence-electron chi connectivity index (χ2n) is 10.8. The Kier molecular flexibility index (Phi) is 7.09. The summed E-state index contributed by atoms with van der Waals surface area (Å²) in [5.74, 6) is 1.78. The maximum absolute atomic E-state index is 12.9. The highest BCUT2D eigenvalue weighted by molar-refractivity contribution is 5.84. The molecule has 0 bridgehead atoms. The van der Waals surface area contributed by atoms with E-state index in [9.17, 15) is 9.59 Å². The second-order valence-corrected chi connectivity index (χ2v) is 10.8. The molecule has 0 radical (unpaired) electrons. The van der Waals surface area contributed by atoms with Crippen LogP contribution in [0.3, 0.4) is 0 Å². The van der Waals surface area contributed by atoms with E-state index in [4.69, 9.17) is 14.0 Å². The van der Waals surface area contributed by atoms with Crippen LogP contribution in [0.4, 0.5) is 0 Å². The van der Waals surface area contributed by atoms with Crippen molar-refractivity contribution in [3.05, 3.63) is 89.6 Å². The summed E-state index contributed by atoms with van der Waals surface area (Å²) in [5, 5.41) is 6.92. The van der Waals surface area contributed by atoms with Crippen molar-refractivity contribution in [2.45, 2.75) is 25.4 Å². The molecular formula is C33H32N4O5. The first-order chi connectivity index (χ1) is 20.6. The molecule has 1 fully saturated rings. The van der Waals surface area contributed by atoms with Crippen LogP contribution in [0.1, 0.15) is 35.7 Å². The van der Waals surface area contributed by atoms with Gasteiger partial charge < -0.3 is 24.2 Å². The molecule has 7 rings (SSSR count). The van der Waals surface area contributed by atoms with Crippen LogP contribution in [0.2, 0.25) is 0 Å². The summed E-state index contributed by atoms with van der Waals surface area (Å²) in [6.07, 6.45) is 0.317. The molecule has 0 atom stereocenters. The summed E-state index contributed by atoms with van der Waals surface area (Å²) < 4.78 is 16.7. The lowest BCUT2D eigenvalue weighted by molar-refractivity contribution is -0.135. The maximum atomic E-state index is 12.9. The van der Waals surface area contributed by atoms with Crippen molar-refractivity contribution in [2.75, 3.05) is 39.4 Å². The van der Waals surface area contributed by atoms with E-state index < -0.39 is 0 Å². The zero-order valence-electron chi connectivity index (χ0n) is 23.3. The normalized spacial score (nSPS) is 16.1. The number of nitrogens with zero attached hydrogens (tertiary/aromatic N) is 3. The summed E-state index contributed by atoms with van der Waals surface area (Å²) in [6, 6.07) is 24.8. The molecule has 42 heavy (non-hydrogen) atoms. The molecule has 2 amide bonds. The lowest BCUT2D eigenvalue weighted by Gasteiger charge is -2.38. The number of amides is 2. The molecule has 4 aromatic rings. The zero-order chi connectivity index (χ0) is 28.5. The largest absolute Gasteiger partial charge is 0.486 e. The zero-order valence-corrected chi connectivity index (χ0v) is 23.3. The Bertz CT molecular complexity index is 1580. The summed E-state index contributed by atoms with van der Waals surface area (Å²) in [5.41, 5.74) is 6.68. The number of nitrogens with one attached hydrogen (secondary N) is 1. The SMILES string of the molecule is O=C(CCC(=O)N1CCN(C2c3ccccc3-c3ccccc32)CC1)NCc1cc(-c2ccc3c(c2)OCCO3)on1. The predicted molar refractivity (Wildman–Crippen MR) is 156 cm³/mol. The second kappa shape index (κ2) is 11.3. The van der Waals surface area contributed by atoms with Crippen LogP contribution in [-0.2, 0) is 16.1 Å². The lowest BCUT2D eigenvalue weighted by atomic mass is 10.0. The minimum absolute atomic E-state index is 0.0133. The Morgan fingerprint density at radius 3 is 2.24 bits per heavy atom. The van der Waals surface area contributed by atoms with Crippen LogP contribution in [-0.4, -0.2) is 66.2 Å². The van der Waals surface area contributed by atoms with Crippen molar-refractivity contribution in [3.8, 4) is 33.9 Å². The molecule has 1 N–H and O–H groups in total. The van der Waals surface area contributed by atoms with Gasteiger partial charge in [-0.3, -0.25) is 14.5 Å². The number of benzene rings is 3. The Morgan fingerprint density at radius 1 is 0.810 bits per heavy atom. The molecule has 0 unspecified atom stereocenters. The Morgan fingerprint density at radius 2 is 1.50 bits per heavy atom. The van der Waals surface area contributed by atoms with Gasteiger partial charge in [-0.15, -0.1) is 0 Å². The van der Waals surface area contributed by atoms with E-state index in [1.54, 1.807) is 6.07 Å².